The van der Waals surface area contributed by atoms with E-state index in [2.05, 4.69) is 10.6 Å². The number of hydrogen-bond acceptors (Lipinski definition) is 6. The van der Waals surface area contributed by atoms with Gasteiger partial charge in [0.05, 0.1) is 19.7 Å². The Bertz CT molecular complexity index is 361. The van der Waals surface area contributed by atoms with E-state index in [4.69, 9.17) is 14.2 Å². The maximum absolute atomic E-state index is 11.8. The molecule has 0 aromatic carbocycles. The normalized spacial score (nSPS) is 9.71. The van der Waals surface area contributed by atoms with Gasteiger partial charge in [0.25, 0.3) is 0 Å². The minimum Gasteiger partial charge on any atom is -0.450 e. The van der Waals surface area contributed by atoms with Gasteiger partial charge < -0.3 is 29.7 Å². The van der Waals surface area contributed by atoms with Gasteiger partial charge in [0.1, 0.15) is 28.9 Å². The van der Waals surface area contributed by atoms with Crippen LogP contribution in [0.4, 0.5) is 14.4 Å². The maximum atomic E-state index is 11.8. The van der Waals surface area contributed by atoms with Crippen molar-refractivity contribution in [3.8, 4) is 0 Å². The first kappa shape index (κ1) is 21.9. The zero-order valence-electron chi connectivity index (χ0n) is 14.8. The highest BCUT2D eigenvalue weighted by Crippen LogP contribution is 1.96. The van der Waals surface area contributed by atoms with E-state index in [0.717, 1.165) is 12.6 Å². The number of nitrogens with zero attached hydrogens (tertiary/aromatic N) is 1. The zero-order valence-corrected chi connectivity index (χ0v) is 14.8. The molecule has 0 aliphatic carbocycles. The highest BCUT2D eigenvalue weighted by molar-refractivity contribution is 6.08. The number of alkyl carbamates (subject to hydrolysis) is 2. The van der Waals surface area contributed by atoms with Crippen molar-refractivity contribution in [1.82, 2.24) is 15.5 Å². The van der Waals surface area contributed by atoms with Crippen molar-refractivity contribution in [2.24, 2.45) is 0 Å². The van der Waals surface area contributed by atoms with Crippen molar-refractivity contribution in [3.63, 3.8) is 0 Å². The van der Waals surface area contributed by atoms with Crippen molar-refractivity contribution >= 4 is 34.0 Å². The summed E-state index contributed by atoms with van der Waals surface area (Å²) in [6.45, 7) is 3.33. The molecule has 0 aliphatic rings. The van der Waals surface area contributed by atoms with E-state index >= 15 is 0 Å². The molecular weight excluding hydrogens is 316 g/mol. The quantitative estimate of drug-likeness (QED) is 0.368. The number of nitrogens with one attached hydrogen (secondary N) is 2. The molecule has 24 heavy (non-hydrogen) atoms. The highest BCUT2D eigenvalue weighted by Gasteiger charge is 2.16. The van der Waals surface area contributed by atoms with Crippen LogP contribution in [0.1, 0.15) is 6.92 Å². The van der Waals surface area contributed by atoms with E-state index < -0.39 is 18.3 Å². The fourth-order valence-electron chi connectivity index (χ4n) is 1.56. The third-order valence-corrected chi connectivity index (χ3v) is 2.75. The lowest BCUT2D eigenvalue weighted by molar-refractivity contribution is 0.0772. The molecule has 0 rings (SSSR count). The largest absolute Gasteiger partial charge is 0.450 e. The van der Waals surface area contributed by atoms with Crippen LogP contribution >= 0.6 is 0 Å². The number of rotatable bonds is 11. The van der Waals surface area contributed by atoms with Gasteiger partial charge >= 0.3 is 18.3 Å². The monoisotopic (exact) mass is 343 g/mol. The lowest BCUT2D eigenvalue weighted by Gasteiger charge is -2.21. The molecule has 0 aromatic rings. The lowest BCUT2D eigenvalue weighted by Crippen LogP contribution is -2.39. The summed E-state index contributed by atoms with van der Waals surface area (Å²) in [4.78, 5) is 35.8. The van der Waals surface area contributed by atoms with Gasteiger partial charge in [-0.1, -0.05) is 12.6 Å². The predicted molar refractivity (Wildman–Crippen MR) is 94.0 cm³/mol. The molecular formula is C13H27B2N3O6. The third kappa shape index (κ3) is 11.5. The summed E-state index contributed by atoms with van der Waals surface area (Å²) in [5, 5.41) is 5.13. The van der Waals surface area contributed by atoms with Crippen LogP contribution in [-0.2, 0) is 14.2 Å². The van der Waals surface area contributed by atoms with Crippen LogP contribution in [0, 0.1) is 0 Å². The van der Waals surface area contributed by atoms with Gasteiger partial charge in [0.15, 0.2) is 0 Å². The second kappa shape index (κ2) is 14.5. The molecule has 2 N–H and O–H groups in total. The van der Waals surface area contributed by atoms with Crippen LogP contribution in [0.3, 0.4) is 0 Å². The molecule has 0 radical (unpaired) electrons. The van der Waals surface area contributed by atoms with Crippen LogP contribution in [0.15, 0.2) is 0 Å². The van der Waals surface area contributed by atoms with Crippen molar-refractivity contribution < 1.29 is 28.6 Å². The highest BCUT2D eigenvalue weighted by atomic mass is 16.6. The Balaban J connectivity index is 4.16. The molecule has 9 nitrogen and oxygen atoms in total. The Morgan fingerprint density at radius 1 is 0.875 bits per heavy atom. The molecule has 0 aliphatic heterocycles. The zero-order chi connectivity index (χ0) is 18.2. The third-order valence-electron chi connectivity index (χ3n) is 2.75. The van der Waals surface area contributed by atoms with Crippen LogP contribution in [0.5, 0.6) is 0 Å². The van der Waals surface area contributed by atoms with E-state index in [9.17, 15) is 14.4 Å². The summed E-state index contributed by atoms with van der Waals surface area (Å²) in [6.07, 6.45) is 0.00233. The molecule has 0 atom stereocenters. The summed E-state index contributed by atoms with van der Waals surface area (Å²) >= 11 is 0. The first-order chi connectivity index (χ1) is 11.5. The van der Waals surface area contributed by atoms with Crippen molar-refractivity contribution in [2.45, 2.75) is 19.6 Å². The number of amides is 3. The minimum absolute atomic E-state index is 0.0242. The Hall–Kier alpha value is -2.06. The minimum atomic E-state index is -0.548. The summed E-state index contributed by atoms with van der Waals surface area (Å²) in [6, 6.07) is 0. The Labute approximate surface area is 144 Å². The van der Waals surface area contributed by atoms with Crippen molar-refractivity contribution in [1.29, 1.82) is 0 Å². The van der Waals surface area contributed by atoms with E-state index in [1.807, 2.05) is 15.7 Å². The average molecular weight is 343 g/mol. The molecule has 0 heterocycles. The summed E-state index contributed by atoms with van der Waals surface area (Å²) in [5.41, 5.74) is 0. The Morgan fingerprint density at radius 3 is 1.71 bits per heavy atom. The lowest BCUT2D eigenvalue weighted by atomic mass is 10.1. The van der Waals surface area contributed by atoms with Gasteiger partial charge in [-0.3, -0.25) is 0 Å². The number of carbonyl (C=O) groups excluding carboxylic acids is 3. The van der Waals surface area contributed by atoms with Crippen LogP contribution in [-0.4, -0.2) is 84.9 Å². The van der Waals surface area contributed by atoms with Gasteiger partial charge in [-0.25, -0.2) is 14.4 Å². The molecule has 0 aromatic heterocycles. The van der Waals surface area contributed by atoms with Crippen molar-refractivity contribution in [2.75, 3.05) is 46.0 Å². The average Bonchev–Trinajstić information content (AvgIpc) is 2.56. The molecule has 0 saturated carbocycles. The predicted octanol–water partition coefficient (Wildman–Crippen LogP) is -1.000. The smallest absolute Gasteiger partial charge is 0.409 e. The molecule has 0 unspecified atom stereocenters. The van der Waals surface area contributed by atoms with Crippen LogP contribution < -0.4 is 10.6 Å². The molecule has 3 amide bonds. The fourth-order valence-corrected chi connectivity index (χ4v) is 1.56. The SMILES string of the molecule is BCCNC(=O)OCCN(CCOC(=O)NCCB)C(=O)OCC. The van der Waals surface area contributed by atoms with Crippen LogP contribution in [0.2, 0.25) is 12.6 Å². The molecule has 0 spiro atoms. The van der Waals surface area contributed by atoms with Gasteiger partial charge in [0.2, 0.25) is 0 Å². The Morgan fingerprint density at radius 2 is 1.33 bits per heavy atom. The first-order valence-corrected chi connectivity index (χ1v) is 8.28. The van der Waals surface area contributed by atoms with E-state index in [1.165, 1.54) is 4.90 Å². The number of ether oxygens (including phenoxy) is 3. The maximum Gasteiger partial charge on any atom is 0.409 e. The Kier molecular flexibility index (Phi) is 13.3. The van der Waals surface area contributed by atoms with E-state index in [0.29, 0.717) is 13.1 Å². The molecule has 0 bridgehead atoms. The van der Waals surface area contributed by atoms with Gasteiger partial charge in [-0.05, 0) is 6.92 Å². The summed E-state index contributed by atoms with van der Waals surface area (Å²) < 4.78 is 14.9. The summed E-state index contributed by atoms with van der Waals surface area (Å²) in [5.74, 6) is 0. The van der Waals surface area contributed by atoms with Gasteiger partial charge in [-0.2, -0.15) is 0 Å². The fraction of sp³-hybridized carbons (Fsp3) is 0.769. The topological polar surface area (TPSA) is 106 Å². The van der Waals surface area contributed by atoms with Crippen molar-refractivity contribution in [3.05, 3.63) is 0 Å². The number of carbonyl (C=O) groups is 3. The standard InChI is InChI=1S/C13H27B2N3O6/c1-2-22-13(21)18(7-9-23-11(19)16-5-3-14)8-10-24-12(20)17-6-4-15/h2-10,14-15H2,1H3,(H,16,19)(H,17,20). The van der Waals surface area contributed by atoms with E-state index in [-0.39, 0.29) is 32.9 Å². The van der Waals surface area contributed by atoms with Crippen LogP contribution in [0.25, 0.3) is 0 Å². The molecule has 11 heteroatoms. The number of hydrogen-bond donors (Lipinski definition) is 2. The van der Waals surface area contributed by atoms with E-state index in [1.54, 1.807) is 6.92 Å². The molecule has 0 saturated heterocycles. The first-order valence-electron chi connectivity index (χ1n) is 8.28. The molecule has 136 valence electrons. The second-order valence-electron chi connectivity index (χ2n) is 4.81. The van der Waals surface area contributed by atoms with Gasteiger partial charge in [-0.15, -0.1) is 0 Å². The second-order valence-corrected chi connectivity index (χ2v) is 4.81. The summed E-state index contributed by atoms with van der Waals surface area (Å²) in [7, 11) is 3.86. The molecule has 0 fully saturated rings. The van der Waals surface area contributed by atoms with Gasteiger partial charge in [0, 0.05) is 13.1 Å².